The Labute approximate surface area is 171 Å². The Morgan fingerprint density at radius 3 is 2.62 bits per heavy atom. The summed E-state index contributed by atoms with van der Waals surface area (Å²) in [4.78, 5) is 27.0. The van der Waals surface area contributed by atoms with Crippen molar-refractivity contribution in [2.75, 3.05) is 33.9 Å². The molecule has 7 nitrogen and oxygen atoms in total. The van der Waals surface area contributed by atoms with Gasteiger partial charge in [0, 0.05) is 44.1 Å². The van der Waals surface area contributed by atoms with Gasteiger partial charge >= 0.3 is 0 Å². The second kappa shape index (κ2) is 10.0. The SMILES string of the molecule is COc1cc(OC)cc(C(=O)NCC2CCCN(C(=O)CCc3ccco3)C2)c1. The molecule has 0 aliphatic carbocycles. The summed E-state index contributed by atoms with van der Waals surface area (Å²) in [5.74, 6) is 2.17. The minimum Gasteiger partial charge on any atom is -0.497 e. The van der Waals surface area contributed by atoms with E-state index < -0.39 is 0 Å². The third-order valence-electron chi connectivity index (χ3n) is 5.20. The fourth-order valence-corrected chi connectivity index (χ4v) is 3.58. The molecule has 7 heteroatoms. The maximum atomic E-state index is 12.6. The third kappa shape index (κ3) is 5.76. The maximum absolute atomic E-state index is 12.6. The molecule has 1 N–H and O–H groups in total. The molecule has 1 saturated heterocycles. The molecular weight excluding hydrogens is 372 g/mol. The first-order valence-electron chi connectivity index (χ1n) is 9.90. The molecule has 1 unspecified atom stereocenters. The fourth-order valence-electron chi connectivity index (χ4n) is 3.58. The summed E-state index contributed by atoms with van der Waals surface area (Å²) >= 11 is 0. The van der Waals surface area contributed by atoms with Crippen molar-refractivity contribution in [2.45, 2.75) is 25.7 Å². The number of hydrogen-bond donors (Lipinski definition) is 1. The molecule has 2 amide bonds. The Kier molecular flexibility index (Phi) is 7.16. The summed E-state index contributed by atoms with van der Waals surface area (Å²) in [6.07, 6.45) is 4.61. The quantitative estimate of drug-likeness (QED) is 0.737. The molecule has 1 aliphatic rings. The van der Waals surface area contributed by atoms with Crippen LogP contribution in [-0.2, 0) is 11.2 Å². The van der Waals surface area contributed by atoms with Crippen LogP contribution in [0.15, 0.2) is 41.0 Å². The lowest BCUT2D eigenvalue weighted by molar-refractivity contribution is -0.133. The van der Waals surface area contributed by atoms with E-state index >= 15 is 0 Å². The normalized spacial score (nSPS) is 16.3. The number of likely N-dealkylation sites (tertiary alicyclic amines) is 1. The van der Waals surface area contributed by atoms with Gasteiger partial charge in [-0.25, -0.2) is 0 Å². The number of piperidine rings is 1. The van der Waals surface area contributed by atoms with E-state index in [1.165, 1.54) is 0 Å². The molecule has 156 valence electrons. The number of amides is 2. The van der Waals surface area contributed by atoms with Crippen LogP contribution in [0.25, 0.3) is 0 Å². The number of nitrogens with zero attached hydrogens (tertiary/aromatic N) is 1. The van der Waals surface area contributed by atoms with Crippen LogP contribution in [-0.4, -0.2) is 50.6 Å². The van der Waals surface area contributed by atoms with Gasteiger partial charge in [-0.3, -0.25) is 9.59 Å². The number of furan rings is 1. The summed E-state index contributed by atoms with van der Waals surface area (Å²) < 4.78 is 15.7. The standard InChI is InChI=1S/C22H28N2O5/c1-27-19-11-17(12-20(13-19)28-2)22(26)23-14-16-5-3-9-24(15-16)21(25)8-7-18-6-4-10-29-18/h4,6,10-13,16H,3,5,7-9,14-15H2,1-2H3,(H,23,26). The number of methoxy groups -OCH3 is 2. The second-order valence-corrected chi connectivity index (χ2v) is 7.24. The average molecular weight is 400 g/mol. The van der Waals surface area contributed by atoms with Gasteiger partial charge in [0.1, 0.15) is 17.3 Å². The van der Waals surface area contributed by atoms with Crippen molar-refractivity contribution in [3.8, 4) is 11.5 Å². The van der Waals surface area contributed by atoms with Crippen LogP contribution in [0.1, 0.15) is 35.4 Å². The van der Waals surface area contributed by atoms with E-state index in [9.17, 15) is 9.59 Å². The van der Waals surface area contributed by atoms with Gasteiger partial charge in [0.15, 0.2) is 0 Å². The lowest BCUT2D eigenvalue weighted by atomic mass is 9.97. The first-order valence-corrected chi connectivity index (χ1v) is 9.90. The zero-order chi connectivity index (χ0) is 20.6. The fraction of sp³-hybridized carbons (Fsp3) is 0.455. The summed E-state index contributed by atoms with van der Waals surface area (Å²) in [7, 11) is 3.10. The zero-order valence-electron chi connectivity index (χ0n) is 17.0. The molecule has 1 atom stereocenters. The van der Waals surface area contributed by atoms with E-state index in [-0.39, 0.29) is 17.7 Å². The monoisotopic (exact) mass is 400 g/mol. The van der Waals surface area contributed by atoms with Gasteiger partial charge in [0.2, 0.25) is 5.91 Å². The van der Waals surface area contributed by atoms with Crippen molar-refractivity contribution in [3.63, 3.8) is 0 Å². The predicted octanol–water partition coefficient (Wildman–Crippen LogP) is 2.90. The molecule has 0 radical (unpaired) electrons. The Morgan fingerprint density at radius 2 is 1.97 bits per heavy atom. The van der Waals surface area contributed by atoms with Crippen LogP contribution in [0.2, 0.25) is 0 Å². The Bertz CT molecular complexity index is 796. The topological polar surface area (TPSA) is 81.0 Å². The average Bonchev–Trinajstić information content (AvgIpc) is 3.29. The molecule has 1 aromatic carbocycles. The highest BCUT2D eigenvalue weighted by Crippen LogP contribution is 2.23. The van der Waals surface area contributed by atoms with E-state index in [0.29, 0.717) is 43.0 Å². The van der Waals surface area contributed by atoms with Gasteiger partial charge < -0.3 is 24.1 Å². The molecule has 29 heavy (non-hydrogen) atoms. The second-order valence-electron chi connectivity index (χ2n) is 7.24. The van der Waals surface area contributed by atoms with Crippen molar-refractivity contribution < 1.29 is 23.5 Å². The molecule has 2 heterocycles. The third-order valence-corrected chi connectivity index (χ3v) is 5.20. The Morgan fingerprint density at radius 1 is 1.21 bits per heavy atom. The number of hydrogen-bond acceptors (Lipinski definition) is 5. The maximum Gasteiger partial charge on any atom is 0.251 e. The lowest BCUT2D eigenvalue weighted by Gasteiger charge is -2.33. The highest BCUT2D eigenvalue weighted by atomic mass is 16.5. The van der Waals surface area contributed by atoms with Crippen LogP contribution in [0.3, 0.4) is 0 Å². The van der Waals surface area contributed by atoms with Crippen LogP contribution in [0.5, 0.6) is 11.5 Å². The molecule has 1 fully saturated rings. The smallest absolute Gasteiger partial charge is 0.251 e. The van der Waals surface area contributed by atoms with Gasteiger partial charge in [-0.2, -0.15) is 0 Å². The zero-order valence-corrected chi connectivity index (χ0v) is 17.0. The van der Waals surface area contributed by atoms with Gasteiger partial charge in [-0.1, -0.05) is 0 Å². The highest BCUT2D eigenvalue weighted by Gasteiger charge is 2.24. The van der Waals surface area contributed by atoms with Gasteiger partial charge in [-0.15, -0.1) is 0 Å². The number of nitrogens with one attached hydrogen (secondary N) is 1. The molecule has 1 aliphatic heterocycles. The van der Waals surface area contributed by atoms with E-state index in [0.717, 1.165) is 25.1 Å². The molecule has 0 saturated carbocycles. The highest BCUT2D eigenvalue weighted by molar-refractivity contribution is 5.95. The van der Waals surface area contributed by atoms with E-state index in [4.69, 9.17) is 13.9 Å². The first kappa shape index (κ1) is 20.8. The van der Waals surface area contributed by atoms with Crippen molar-refractivity contribution in [1.29, 1.82) is 0 Å². The van der Waals surface area contributed by atoms with E-state index in [2.05, 4.69) is 5.32 Å². The predicted molar refractivity (Wildman–Crippen MR) is 108 cm³/mol. The number of aryl methyl sites for hydroxylation is 1. The van der Waals surface area contributed by atoms with Crippen molar-refractivity contribution in [1.82, 2.24) is 10.2 Å². The van der Waals surface area contributed by atoms with Crippen molar-refractivity contribution in [2.24, 2.45) is 5.92 Å². The lowest BCUT2D eigenvalue weighted by Crippen LogP contribution is -2.43. The molecule has 1 aromatic heterocycles. The number of ether oxygens (including phenoxy) is 2. The number of carbonyl (C=O) groups is 2. The summed E-state index contributed by atoms with van der Waals surface area (Å²) in [5, 5.41) is 2.98. The summed E-state index contributed by atoms with van der Waals surface area (Å²) in [6, 6.07) is 8.81. The van der Waals surface area contributed by atoms with Crippen LogP contribution in [0, 0.1) is 5.92 Å². The van der Waals surface area contributed by atoms with Crippen LogP contribution in [0.4, 0.5) is 0 Å². The summed E-state index contributed by atoms with van der Waals surface area (Å²) in [6.45, 7) is 1.97. The van der Waals surface area contributed by atoms with Gasteiger partial charge in [0.05, 0.1) is 20.5 Å². The van der Waals surface area contributed by atoms with E-state index in [1.807, 2.05) is 17.0 Å². The van der Waals surface area contributed by atoms with Crippen LogP contribution >= 0.6 is 0 Å². The van der Waals surface area contributed by atoms with Crippen LogP contribution < -0.4 is 14.8 Å². The Hall–Kier alpha value is -2.96. The van der Waals surface area contributed by atoms with E-state index in [1.54, 1.807) is 38.7 Å². The van der Waals surface area contributed by atoms with Crippen molar-refractivity contribution in [3.05, 3.63) is 47.9 Å². The molecule has 0 bridgehead atoms. The van der Waals surface area contributed by atoms with Gasteiger partial charge in [-0.05, 0) is 43.0 Å². The number of benzene rings is 1. The molecular formula is C22H28N2O5. The minimum atomic E-state index is -0.177. The first-order chi connectivity index (χ1) is 14.1. The van der Waals surface area contributed by atoms with Crippen molar-refractivity contribution >= 4 is 11.8 Å². The largest absolute Gasteiger partial charge is 0.497 e. The summed E-state index contributed by atoms with van der Waals surface area (Å²) in [5.41, 5.74) is 0.489. The number of carbonyl (C=O) groups excluding carboxylic acids is 2. The number of rotatable bonds is 8. The molecule has 3 rings (SSSR count). The minimum absolute atomic E-state index is 0.134. The molecule has 0 spiro atoms. The van der Waals surface area contributed by atoms with Gasteiger partial charge in [0.25, 0.3) is 5.91 Å². The Balaban J connectivity index is 1.50. The molecule has 2 aromatic rings.